The lowest BCUT2D eigenvalue weighted by atomic mass is 9.86. The fraction of sp³-hybridized carbons (Fsp3) is 0. The first kappa shape index (κ1) is 19.4. The molecule has 0 aliphatic carbocycles. The van der Waals surface area contributed by atoms with E-state index in [4.69, 9.17) is 16.0 Å². The molecule has 2 heteroatoms. The van der Waals surface area contributed by atoms with Gasteiger partial charge in [0.05, 0.1) is 0 Å². The van der Waals surface area contributed by atoms with Crippen LogP contribution < -0.4 is 0 Å². The number of furan rings is 1. The van der Waals surface area contributed by atoms with Crippen LogP contribution in [-0.4, -0.2) is 0 Å². The van der Waals surface area contributed by atoms with Crippen molar-refractivity contribution in [1.82, 2.24) is 0 Å². The Hall–Kier alpha value is -4.07. The van der Waals surface area contributed by atoms with Crippen molar-refractivity contribution < 1.29 is 4.42 Å². The fourth-order valence-corrected chi connectivity index (χ4v) is 5.43. The Balaban J connectivity index is 1.62. The molecular formula is C32H19ClO. The lowest BCUT2D eigenvalue weighted by Gasteiger charge is -2.17. The van der Waals surface area contributed by atoms with E-state index in [-0.39, 0.29) is 0 Å². The van der Waals surface area contributed by atoms with Crippen molar-refractivity contribution in [2.75, 3.05) is 0 Å². The average Bonchev–Trinajstić information content (AvgIpc) is 3.24. The zero-order valence-corrected chi connectivity index (χ0v) is 19.0. The van der Waals surface area contributed by atoms with Crippen LogP contribution in [-0.2, 0) is 0 Å². The molecule has 7 rings (SSSR count). The first-order valence-corrected chi connectivity index (χ1v) is 11.8. The van der Waals surface area contributed by atoms with Crippen molar-refractivity contribution in [1.29, 1.82) is 0 Å². The van der Waals surface area contributed by atoms with Gasteiger partial charge in [0, 0.05) is 15.8 Å². The molecule has 0 spiro atoms. The van der Waals surface area contributed by atoms with Crippen LogP contribution in [0.25, 0.3) is 65.7 Å². The van der Waals surface area contributed by atoms with Crippen molar-refractivity contribution >= 4 is 55.1 Å². The van der Waals surface area contributed by atoms with Gasteiger partial charge in [-0.3, -0.25) is 0 Å². The Bertz CT molecular complexity index is 1800. The third-order valence-electron chi connectivity index (χ3n) is 6.71. The number of benzene rings is 6. The van der Waals surface area contributed by atoms with Crippen molar-refractivity contribution in [3.8, 4) is 22.3 Å². The maximum Gasteiger partial charge on any atom is 0.135 e. The zero-order chi connectivity index (χ0) is 22.6. The standard InChI is InChI=1S/C32H19ClO/c33-22-15-17-30-28(19-22)27-18-21(14-16-29(27)34-30)32-25-12-6-4-10-23(25)31(20-8-2-1-3-9-20)24-11-5-7-13-26(24)32/h1-19H. The first-order chi connectivity index (χ1) is 16.8. The second-order valence-corrected chi connectivity index (χ2v) is 9.10. The van der Waals surface area contributed by atoms with Crippen LogP contribution in [0.4, 0.5) is 0 Å². The van der Waals surface area contributed by atoms with Crippen LogP contribution in [0.15, 0.2) is 120 Å². The smallest absolute Gasteiger partial charge is 0.135 e. The van der Waals surface area contributed by atoms with Crippen LogP contribution in [0.2, 0.25) is 5.02 Å². The van der Waals surface area contributed by atoms with Crippen molar-refractivity contribution in [3.63, 3.8) is 0 Å². The van der Waals surface area contributed by atoms with E-state index in [1.807, 2.05) is 18.2 Å². The van der Waals surface area contributed by atoms with E-state index in [0.29, 0.717) is 5.02 Å². The zero-order valence-electron chi connectivity index (χ0n) is 18.3. The molecule has 0 bridgehead atoms. The molecule has 0 amide bonds. The molecule has 34 heavy (non-hydrogen) atoms. The second kappa shape index (κ2) is 7.48. The van der Waals surface area contributed by atoms with E-state index in [9.17, 15) is 0 Å². The monoisotopic (exact) mass is 454 g/mol. The molecule has 1 aromatic heterocycles. The highest BCUT2D eigenvalue weighted by Gasteiger charge is 2.17. The van der Waals surface area contributed by atoms with Gasteiger partial charge in [-0.15, -0.1) is 0 Å². The van der Waals surface area contributed by atoms with E-state index in [2.05, 4.69) is 97.1 Å². The predicted molar refractivity (Wildman–Crippen MR) is 145 cm³/mol. The number of halogens is 1. The fourth-order valence-electron chi connectivity index (χ4n) is 5.26. The molecule has 0 aliphatic heterocycles. The maximum absolute atomic E-state index is 6.32. The molecule has 0 saturated heterocycles. The molecule has 0 fully saturated rings. The van der Waals surface area contributed by atoms with Crippen LogP contribution in [0, 0.1) is 0 Å². The van der Waals surface area contributed by atoms with Crippen molar-refractivity contribution in [2.45, 2.75) is 0 Å². The molecule has 0 unspecified atom stereocenters. The number of hydrogen-bond donors (Lipinski definition) is 0. The number of rotatable bonds is 2. The molecule has 0 N–H and O–H groups in total. The summed E-state index contributed by atoms with van der Waals surface area (Å²) in [4.78, 5) is 0. The Labute approximate surface area is 201 Å². The topological polar surface area (TPSA) is 13.1 Å². The van der Waals surface area contributed by atoms with Crippen LogP contribution >= 0.6 is 11.6 Å². The van der Waals surface area contributed by atoms with Gasteiger partial charge in [-0.2, -0.15) is 0 Å². The highest BCUT2D eigenvalue weighted by molar-refractivity contribution is 6.31. The number of hydrogen-bond acceptors (Lipinski definition) is 1. The highest BCUT2D eigenvalue weighted by Crippen LogP contribution is 2.44. The number of fused-ring (bicyclic) bond motifs is 5. The van der Waals surface area contributed by atoms with Gasteiger partial charge < -0.3 is 4.42 Å². The summed E-state index contributed by atoms with van der Waals surface area (Å²) in [6.45, 7) is 0. The summed E-state index contributed by atoms with van der Waals surface area (Å²) in [7, 11) is 0. The summed E-state index contributed by atoms with van der Waals surface area (Å²) in [6.07, 6.45) is 0. The predicted octanol–water partition coefficient (Wildman–Crippen LogP) is 9.88. The van der Waals surface area contributed by atoms with Crippen LogP contribution in [0.3, 0.4) is 0 Å². The third-order valence-corrected chi connectivity index (χ3v) is 6.95. The van der Waals surface area contributed by atoms with E-state index >= 15 is 0 Å². The molecule has 1 nitrogen and oxygen atoms in total. The summed E-state index contributed by atoms with van der Waals surface area (Å²) >= 11 is 6.32. The molecule has 7 aromatic rings. The Kier molecular flexibility index (Phi) is 4.27. The SMILES string of the molecule is Clc1ccc2oc3ccc(-c4c5ccccc5c(-c5ccccc5)c5ccccc45)cc3c2c1. The molecule has 0 aliphatic rings. The van der Waals surface area contributed by atoms with Crippen molar-refractivity contribution in [2.24, 2.45) is 0 Å². The Morgan fingerprint density at radius 3 is 1.53 bits per heavy atom. The molecule has 0 radical (unpaired) electrons. The normalized spacial score (nSPS) is 11.7. The summed E-state index contributed by atoms with van der Waals surface area (Å²) in [5, 5.41) is 7.82. The van der Waals surface area contributed by atoms with Gasteiger partial charge in [0.2, 0.25) is 0 Å². The molecule has 0 saturated carbocycles. The van der Waals surface area contributed by atoms with Gasteiger partial charge in [0.1, 0.15) is 11.2 Å². The Morgan fingerprint density at radius 2 is 0.912 bits per heavy atom. The van der Waals surface area contributed by atoms with E-state index in [1.165, 1.54) is 43.8 Å². The minimum atomic E-state index is 0.712. The van der Waals surface area contributed by atoms with E-state index in [0.717, 1.165) is 21.9 Å². The largest absolute Gasteiger partial charge is 0.456 e. The third kappa shape index (κ3) is 2.88. The first-order valence-electron chi connectivity index (χ1n) is 11.4. The molecule has 1 heterocycles. The second-order valence-electron chi connectivity index (χ2n) is 8.66. The quantitative estimate of drug-likeness (QED) is 0.237. The highest BCUT2D eigenvalue weighted by atomic mass is 35.5. The van der Waals surface area contributed by atoms with Gasteiger partial charge in [-0.25, -0.2) is 0 Å². The maximum atomic E-state index is 6.32. The minimum Gasteiger partial charge on any atom is -0.456 e. The van der Waals surface area contributed by atoms with Crippen LogP contribution in [0.1, 0.15) is 0 Å². The molecule has 0 atom stereocenters. The molecule has 6 aromatic carbocycles. The van der Waals surface area contributed by atoms with E-state index in [1.54, 1.807) is 0 Å². The van der Waals surface area contributed by atoms with Gasteiger partial charge >= 0.3 is 0 Å². The minimum absolute atomic E-state index is 0.712. The summed E-state index contributed by atoms with van der Waals surface area (Å²) < 4.78 is 6.09. The molecular weight excluding hydrogens is 436 g/mol. The van der Waals surface area contributed by atoms with Gasteiger partial charge in [-0.05, 0) is 74.1 Å². The molecule has 160 valence electrons. The summed E-state index contributed by atoms with van der Waals surface area (Å²) in [5.41, 5.74) is 6.64. The Morgan fingerprint density at radius 1 is 0.412 bits per heavy atom. The lowest BCUT2D eigenvalue weighted by molar-refractivity contribution is 0.669. The average molecular weight is 455 g/mol. The van der Waals surface area contributed by atoms with E-state index < -0.39 is 0 Å². The summed E-state index contributed by atoms with van der Waals surface area (Å²) in [6, 6.07) is 40.4. The summed E-state index contributed by atoms with van der Waals surface area (Å²) in [5.74, 6) is 0. The van der Waals surface area contributed by atoms with Gasteiger partial charge in [0.15, 0.2) is 0 Å². The van der Waals surface area contributed by atoms with Crippen LogP contribution in [0.5, 0.6) is 0 Å². The van der Waals surface area contributed by atoms with Gasteiger partial charge in [-0.1, -0.05) is 96.5 Å². The van der Waals surface area contributed by atoms with Gasteiger partial charge in [0.25, 0.3) is 0 Å². The van der Waals surface area contributed by atoms with Crippen molar-refractivity contribution in [3.05, 3.63) is 120 Å². The lowest BCUT2D eigenvalue weighted by Crippen LogP contribution is -1.90.